The van der Waals surface area contributed by atoms with E-state index >= 15 is 0 Å². The summed E-state index contributed by atoms with van der Waals surface area (Å²) >= 11 is -1.68. The van der Waals surface area contributed by atoms with E-state index in [1.54, 1.807) is 26.6 Å². The molecule has 2 saturated carbocycles. The molecule has 2 radical (unpaired) electrons. The molecule has 0 heterocycles. The smallest absolute Gasteiger partial charge is 0.182 e. The number of rotatable bonds is 20. The molecule has 45 heavy (non-hydrogen) atoms. The van der Waals surface area contributed by atoms with Gasteiger partial charge in [-0.1, -0.05) is 12.8 Å². The predicted octanol–water partition coefficient (Wildman–Crippen LogP) is 10.1. The van der Waals surface area contributed by atoms with Crippen LogP contribution in [0.25, 0.3) is 0 Å². The van der Waals surface area contributed by atoms with Crippen molar-refractivity contribution >= 4 is 39.5 Å². The Labute approximate surface area is 295 Å². The molecule has 4 N–H and O–H groups in total. The minimum atomic E-state index is -0.839. The van der Waals surface area contributed by atoms with E-state index in [-0.39, 0.29) is 5.48 Å². The Morgan fingerprint density at radius 2 is 0.667 bits per heavy atom. The third-order valence-electron chi connectivity index (χ3n) is 8.99. The standard InChI is InChI=1S/2C6H12N2O.6C4H9.O.2Sn/c2*9-8-7-6-4-2-1-3-5-6;6*1-3-4-2;;;/h2*6H,1-5H2,(H,7,9);6*1,3-4H2,2H3;;;/q;;;;;;;;-2;;/p+2. The van der Waals surface area contributed by atoms with Crippen LogP contribution in [0, 0.1) is 0 Å². The van der Waals surface area contributed by atoms with E-state index in [9.17, 15) is 0 Å². The molecule has 0 saturated heterocycles. The molecule has 0 aliphatic heterocycles. The first-order chi connectivity index (χ1) is 21.6. The maximum atomic E-state index is 8.13. The first kappa shape index (κ1) is 49.7. The molecule has 0 aromatic heterocycles. The van der Waals surface area contributed by atoms with Gasteiger partial charge in [-0.05, 0) is 25.7 Å². The summed E-state index contributed by atoms with van der Waals surface area (Å²) in [7, 11) is 0. The average Bonchev–Trinajstić information content (AvgIpc) is 3.06. The molecule has 0 amide bonds. The van der Waals surface area contributed by atoms with Crippen LogP contribution in [0.1, 0.15) is 183 Å². The molecular weight excluding hydrogens is 774 g/mol. The van der Waals surface area contributed by atoms with Crippen molar-refractivity contribution in [2.75, 3.05) is 0 Å². The fourth-order valence-electron chi connectivity index (χ4n) is 5.94. The largest absolute Gasteiger partial charge is 2.00 e. The van der Waals surface area contributed by atoms with Gasteiger partial charge in [0, 0.05) is 25.7 Å². The molecule has 270 valence electrons. The minimum absolute atomic E-state index is 0. The van der Waals surface area contributed by atoms with Crippen molar-refractivity contribution in [1.29, 1.82) is 0 Å². The van der Waals surface area contributed by atoms with E-state index in [0.29, 0.717) is 12.1 Å². The zero-order valence-corrected chi connectivity index (χ0v) is 36.9. The Morgan fingerprint density at radius 1 is 0.444 bits per heavy atom. The minimum Gasteiger partial charge on any atom is -2.00 e. The molecule has 0 unspecified atom stereocenters. The maximum absolute atomic E-state index is 8.13. The van der Waals surface area contributed by atoms with Crippen molar-refractivity contribution in [1.82, 2.24) is 0 Å². The second kappa shape index (κ2) is 42.4. The quantitative estimate of drug-likeness (QED) is 0.0554. The first-order valence-corrected chi connectivity index (χ1v) is 31.5. The van der Waals surface area contributed by atoms with Crippen molar-refractivity contribution in [3.05, 3.63) is 0 Å². The van der Waals surface area contributed by atoms with Gasteiger partial charge in [-0.2, -0.15) is 0 Å². The van der Waals surface area contributed by atoms with Crippen molar-refractivity contribution in [3.63, 3.8) is 0 Å². The third kappa shape index (κ3) is 37.0. The molecule has 7 nitrogen and oxygen atoms in total. The van der Waals surface area contributed by atoms with E-state index in [2.05, 4.69) is 62.3 Å². The van der Waals surface area contributed by atoms with Gasteiger partial charge in [0.25, 0.3) is 0 Å². The molecule has 0 spiro atoms. The summed E-state index contributed by atoms with van der Waals surface area (Å²) in [5.74, 6) is 0. The monoisotopic (exact) mass is 856 g/mol. The van der Waals surface area contributed by atoms with Crippen molar-refractivity contribution in [2.24, 2.45) is 10.6 Å². The summed E-state index contributed by atoms with van der Waals surface area (Å²) in [5, 5.41) is 27.4. The van der Waals surface area contributed by atoms with E-state index in [4.69, 9.17) is 10.4 Å². The normalized spacial score (nSPS) is 15.6. The molecule has 2 aliphatic carbocycles. The van der Waals surface area contributed by atoms with Crippen molar-refractivity contribution in [3.8, 4) is 0 Å². The number of nitrogens with one attached hydrogen (secondary N) is 2. The summed E-state index contributed by atoms with van der Waals surface area (Å²) in [6.45, 7) is 14.0. The van der Waals surface area contributed by atoms with Gasteiger partial charge in [0.2, 0.25) is 0 Å². The topological polar surface area (TPSA) is 122 Å². The van der Waals surface area contributed by atoms with Crippen LogP contribution in [0.2, 0.25) is 26.6 Å². The zero-order chi connectivity index (χ0) is 32.9. The van der Waals surface area contributed by atoms with Gasteiger partial charge in [-0.3, -0.25) is 0 Å². The Morgan fingerprint density at radius 3 is 0.844 bits per heavy atom. The fraction of sp³-hybridized carbons (Fsp3) is 1.00. The summed E-state index contributed by atoms with van der Waals surface area (Å²) < 4.78 is 10.1. The van der Waals surface area contributed by atoms with E-state index in [0.717, 1.165) is 25.7 Å². The second-order valence-corrected chi connectivity index (χ2v) is 30.4. The van der Waals surface area contributed by atoms with Gasteiger partial charge in [-0.25, -0.2) is 0 Å². The summed E-state index contributed by atoms with van der Waals surface area (Å²) in [5.41, 5.74) is 0. The van der Waals surface area contributed by atoms with E-state index in [1.165, 1.54) is 116 Å². The molecule has 0 atom stereocenters. The van der Waals surface area contributed by atoms with Gasteiger partial charge in [-0.15, -0.1) is 10.2 Å². The molecule has 2 fully saturated rings. The van der Waals surface area contributed by atoms with Crippen LogP contribution >= 0.6 is 0 Å². The third-order valence-corrected chi connectivity index (χ3v) is 27.2. The summed E-state index contributed by atoms with van der Waals surface area (Å²) in [4.78, 5) is 0. The summed E-state index contributed by atoms with van der Waals surface area (Å²) in [6, 6.07) is 0.868. The number of hydrogen-bond acceptors (Lipinski definition) is 2. The van der Waals surface area contributed by atoms with Crippen LogP contribution in [-0.4, -0.2) is 62.0 Å². The number of unbranched alkanes of at least 4 members (excludes halogenated alkanes) is 6. The van der Waals surface area contributed by atoms with Crippen molar-refractivity contribution in [2.45, 2.75) is 222 Å². The summed E-state index contributed by atoms with van der Waals surface area (Å²) in [6.07, 6.45) is 30.1. The van der Waals surface area contributed by atoms with Crippen LogP contribution in [0.4, 0.5) is 0 Å². The van der Waals surface area contributed by atoms with Crippen LogP contribution in [0.5, 0.6) is 0 Å². The SMILES string of the molecule is CCC[CH2][Sn]([CH2]CCC)[CH2]CCC.CCC[CH2][Sn]([CH2]CCC)[CH2]CCC.ON=[NH+]C1CCCCC1.ON=[NH+]C1CCCCC1.[O-2]. The van der Waals surface area contributed by atoms with Gasteiger partial charge in [0.05, 0.1) is 0 Å². The molecule has 0 aromatic carbocycles. The Hall–Kier alpha value is 0.357. The Balaban J connectivity index is -0.000000525. The van der Waals surface area contributed by atoms with Gasteiger partial charge >= 0.3 is 185 Å². The molecule has 0 bridgehead atoms. The van der Waals surface area contributed by atoms with Crippen LogP contribution in [-0.2, 0) is 5.48 Å². The zero-order valence-electron chi connectivity index (χ0n) is 31.2. The molecule has 2 rings (SSSR count). The Kier molecular flexibility index (Phi) is 46.8. The predicted molar refractivity (Wildman–Crippen MR) is 195 cm³/mol. The van der Waals surface area contributed by atoms with E-state index in [1.807, 2.05) is 0 Å². The van der Waals surface area contributed by atoms with Crippen LogP contribution in [0.3, 0.4) is 0 Å². The maximum Gasteiger partial charge on any atom is 0.182 e. The second-order valence-electron chi connectivity index (χ2n) is 13.2. The average molecular weight is 854 g/mol. The number of nitrogens with zero attached hydrogens (tertiary/aromatic N) is 2. The first-order valence-electron chi connectivity index (χ1n) is 19.4. The van der Waals surface area contributed by atoms with Crippen LogP contribution in [0.15, 0.2) is 10.6 Å². The van der Waals surface area contributed by atoms with Crippen molar-refractivity contribution < 1.29 is 26.1 Å². The number of hydrogen-bond donors (Lipinski definition) is 4. The van der Waals surface area contributed by atoms with E-state index < -0.39 is 39.5 Å². The van der Waals surface area contributed by atoms with Gasteiger partial charge in [0.1, 0.15) is 0 Å². The van der Waals surface area contributed by atoms with Crippen LogP contribution < -0.4 is 10.2 Å². The molecule has 0 aromatic rings. The fourth-order valence-corrected chi connectivity index (χ4v) is 24.8. The van der Waals surface area contributed by atoms with Gasteiger partial charge in [0.15, 0.2) is 22.6 Å². The van der Waals surface area contributed by atoms with Gasteiger partial charge < -0.3 is 15.9 Å². The molecule has 9 heteroatoms. The molecular formula is C36H80N4O3Sn2. The molecule has 2 aliphatic rings. The Bertz CT molecular complexity index is 503.